The number of hydrogen-bond donors (Lipinski definition) is 0. The maximum Gasteiger partial charge on any atom is 0.120 e. The summed E-state index contributed by atoms with van der Waals surface area (Å²) in [5.41, 5.74) is 1.18. The van der Waals surface area contributed by atoms with Gasteiger partial charge in [0.2, 0.25) is 0 Å². The molecule has 0 unspecified atom stereocenters. The van der Waals surface area contributed by atoms with Crippen molar-refractivity contribution in [1.82, 2.24) is 0 Å². The molecule has 0 heterocycles. The molecule has 0 spiro atoms. The minimum atomic E-state index is 0.371. The van der Waals surface area contributed by atoms with Crippen molar-refractivity contribution >= 4 is 5.94 Å². The SMILES string of the molecule is C[C@@H](CC=C=O)COCc1ccccc1. The fraction of sp³-hybridized carbons (Fsp3) is 0.385. The summed E-state index contributed by atoms with van der Waals surface area (Å²) in [6, 6.07) is 10.1. The maximum atomic E-state index is 9.98. The predicted molar refractivity (Wildman–Crippen MR) is 60.1 cm³/mol. The topological polar surface area (TPSA) is 26.3 Å². The fourth-order valence-corrected chi connectivity index (χ4v) is 1.27. The molecule has 2 heteroatoms. The summed E-state index contributed by atoms with van der Waals surface area (Å²) in [7, 11) is 0. The zero-order chi connectivity index (χ0) is 10.9. The molecule has 2 nitrogen and oxygen atoms in total. The molecule has 80 valence electrons. The van der Waals surface area contributed by atoms with Gasteiger partial charge in [-0.2, -0.15) is 0 Å². The number of allylic oxidation sites excluding steroid dienone is 1. The molecule has 0 radical (unpaired) electrons. The zero-order valence-corrected chi connectivity index (χ0v) is 8.98. The molecule has 0 N–H and O–H groups in total. The molecule has 1 aromatic carbocycles. The van der Waals surface area contributed by atoms with Crippen molar-refractivity contribution in [2.75, 3.05) is 6.61 Å². The summed E-state index contributed by atoms with van der Waals surface area (Å²) in [6.45, 7) is 3.36. The minimum absolute atomic E-state index is 0.371. The van der Waals surface area contributed by atoms with Crippen molar-refractivity contribution in [3.63, 3.8) is 0 Å². The Labute approximate surface area is 90.6 Å². The van der Waals surface area contributed by atoms with Crippen LogP contribution in [0.3, 0.4) is 0 Å². The Morgan fingerprint density at radius 3 is 2.80 bits per heavy atom. The van der Waals surface area contributed by atoms with Gasteiger partial charge in [0.05, 0.1) is 6.61 Å². The smallest absolute Gasteiger partial charge is 0.120 e. The Kier molecular flexibility index (Phi) is 5.46. The minimum Gasteiger partial charge on any atom is -0.376 e. The largest absolute Gasteiger partial charge is 0.376 e. The van der Waals surface area contributed by atoms with Crippen molar-refractivity contribution in [2.24, 2.45) is 5.92 Å². The first-order chi connectivity index (χ1) is 7.33. The Morgan fingerprint density at radius 2 is 2.13 bits per heavy atom. The molecule has 0 fully saturated rings. The van der Waals surface area contributed by atoms with Gasteiger partial charge in [-0.1, -0.05) is 37.3 Å². The zero-order valence-electron chi connectivity index (χ0n) is 8.98. The van der Waals surface area contributed by atoms with Gasteiger partial charge in [0.15, 0.2) is 0 Å². The van der Waals surface area contributed by atoms with Crippen LogP contribution in [0.25, 0.3) is 0 Å². The van der Waals surface area contributed by atoms with E-state index in [0.29, 0.717) is 19.1 Å². The average molecular weight is 204 g/mol. The van der Waals surface area contributed by atoms with E-state index in [4.69, 9.17) is 4.74 Å². The van der Waals surface area contributed by atoms with E-state index in [1.165, 1.54) is 11.6 Å². The predicted octanol–water partition coefficient (Wildman–Crippen LogP) is 2.62. The van der Waals surface area contributed by atoms with Gasteiger partial charge in [0.1, 0.15) is 5.94 Å². The lowest BCUT2D eigenvalue weighted by Gasteiger charge is -2.09. The van der Waals surface area contributed by atoms with E-state index < -0.39 is 0 Å². The first-order valence-corrected chi connectivity index (χ1v) is 5.14. The van der Waals surface area contributed by atoms with Gasteiger partial charge in [0.25, 0.3) is 0 Å². The summed E-state index contributed by atoms with van der Waals surface area (Å²) in [5.74, 6) is 2.15. The van der Waals surface area contributed by atoms with Crippen molar-refractivity contribution in [3.05, 3.63) is 42.0 Å². The van der Waals surface area contributed by atoms with Crippen LogP contribution in [0.2, 0.25) is 0 Å². The van der Waals surface area contributed by atoms with Crippen LogP contribution in [0.4, 0.5) is 0 Å². The number of rotatable bonds is 6. The van der Waals surface area contributed by atoms with E-state index in [-0.39, 0.29) is 0 Å². The van der Waals surface area contributed by atoms with Gasteiger partial charge in [0, 0.05) is 12.7 Å². The molecule has 1 rings (SSSR count). The Morgan fingerprint density at radius 1 is 1.40 bits per heavy atom. The number of benzene rings is 1. The second kappa shape index (κ2) is 6.99. The van der Waals surface area contributed by atoms with E-state index in [0.717, 1.165) is 6.42 Å². The van der Waals surface area contributed by atoms with Crippen LogP contribution in [0, 0.1) is 5.92 Å². The Hall–Kier alpha value is -1.37. The van der Waals surface area contributed by atoms with Crippen molar-refractivity contribution in [2.45, 2.75) is 20.0 Å². The van der Waals surface area contributed by atoms with Gasteiger partial charge in [-0.3, -0.25) is 0 Å². The Bertz CT molecular complexity index is 313. The van der Waals surface area contributed by atoms with Crippen LogP contribution < -0.4 is 0 Å². The third-order valence-electron chi connectivity index (χ3n) is 2.12. The number of hydrogen-bond acceptors (Lipinski definition) is 2. The lowest BCUT2D eigenvalue weighted by molar-refractivity contribution is 0.0930. The second-order valence-corrected chi connectivity index (χ2v) is 3.66. The van der Waals surface area contributed by atoms with Crippen molar-refractivity contribution in [1.29, 1.82) is 0 Å². The quantitative estimate of drug-likeness (QED) is 0.666. The maximum absolute atomic E-state index is 9.98. The van der Waals surface area contributed by atoms with Crippen LogP contribution in [-0.2, 0) is 16.1 Å². The van der Waals surface area contributed by atoms with E-state index in [1.54, 1.807) is 5.94 Å². The van der Waals surface area contributed by atoms with Crippen LogP contribution >= 0.6 is 0 Å². The molecular weight excluding hydrogens is 188 g/mol. The average Bonchev–Trinajstić information content (AvgIpc) is 2.28. The van der Waals surface area contributed by atoms with Gasteiger partial charge in [-0.15, -0.1) is 0 Å². The highest BCUT2D eigenvalue weighted by Crippen LogP contribution is 2.05. The molecule has 0 aromatic heterocycles. The van der Waals surface area contributed by atoms with Gasteiger partial charge in [-0.25, -0.2) is 4.79 Å². The molecule has 0 aliphatic carbocycles. The molecular formula is C13H16O2. The van der Waals surface area contributed by atoms with E-state index in [9.17, 15) is 4.79 Å². The van der Waals surface area contributed by atoms with Crippen molar-refractivity contribution < 1.29 is 9.53 Å². The van der Waals surface area contributed by atoms with Crippen molar-refractivity contribution in [3.8, 4) is 0 Å². The number of ether oxygens (including phenoxy) is 1. The van der Waals surface area contributed by atoms with Gasteiger partial charge in [-0.05, 0) is 17.9 Å². The summed E-state index contributed by atoms with van der Waals surface area (Å²) < 4.78 is 5.53. The monoisotopic (exact) mass is 204 g/mol. The molecule has 1 atom stereocenters. The molecule has 0 saturated carbocycles. The van der Waals surface area contributed by atoms with Gasteiger partial charge >= 0.3 is 0 Å². The fourth-order valence-electron chi connectivity index (χ4n) is 1.27. The summed E-state index contributed by atoms with van der Waals surface area (Å²) in [6.07, 6.45) is 2.24. The summed E-state index contributed by atoms with van der Waals surface area (Å²) in [5, 5.41) is 0. The summed E-state index contributed by atoms with van der Waals surface area (Å²) in [4.78, 5) is 9.98. The van der Waals surface area contributed by atoms with Crippen LogP contribution in [0.15, 0.2) is 36.4 Å². The van der Waals surface area contributed by atoms with Crippen LogP contribution in [0.1, 0.15) is 18.9 Å². The first kappa shape index (κ1) is 11.7. The highest BCUT2D eigenvalue weighted by molar-refractivity contribution is 5.44. The Balaban J connectivity index is 2.19. The summed E-state index contributed by atoms with van der Waals surface area (Å²) >= 11 is 0. The lowest BCUT2D eigenvalue weighted by atomic mass is 10.1. The molecule has 0 aliphatic rings. The van der Waals surface area contributed by atoms with E-state index >= 15 is 0 Å². The second-order valence-electron chi connectivity index (χ2n) is 3.66. The van der Waals surface area contributed by atoms with E-state index in [2.05, 4.69) is 6.92 Å². The molecule has 1 aromatic rings. The third kappa shape index (κ3) is 5.16. The highest BCUT2D eigenvalue weighted by atomic mass is 16.5. The molecule has 0 aliphatic heterocycles. The van der Waals surface area contributed by atoms with Gasteiger partial charge < -0.3 is 4.74 Å². The standard InChI is InChI=1S/C13H16O2/c1-12(6-5-9-14)10-15-11-13-7-3-2-4-8-13/h2-5,7-8,12H,6,10-11H2,1H3/t12-/m0/s1. The van der Waals surface area contributed by atoms with Crippen LogP contribution in [0.5, 0.6) is 0 Å². The highest BCUT2D eigenvalue weighted by Gasteiger charge is 2.00. The lowest BCUT2D eigenvalue weighted by Crippen LogP contribution is -2.05. The molecule has 15 heavy (non-hydrogen) atoms. The first-order valence-electron chi connectivity index (χ1n) is 5.14. The molecule has 0 saturated heterocycles. The molecule has 0 bridgehead atoms. The normalized spacial score (nSPS) is 11.8. The number of carbonyl (C=O) groups excluding carboxylic acids is 1. The molecule has 0 amide bonds. The third-order valence-corrected chi connectivity index (χ3v) is 2.12. The van der Waals surface area contributed by atoms with Crippen LogP contribution in [-0.4, -0.2) is 12.5 Å². The van der Waals surface area contributed by atoms with E-state index in [1.807, 2.05) is 30.3 Å².